The molecule has 1 heterocycles. The first kappa shape index (κ1) is 14.3. The Morgan fingerprint density at radius 1 is 1.05 bits per heavy atom. The molecule has 0 unspecified atom stereocenters. The SMILES string of the molecule is O=C1c2ccccc2S(=O)(=O)N1CCCCCCCl. The van der Waals surface area contributed by atoms with Crippen molar-refractivity contribution in [1.29, 1.82) is 0 Å². The second-order valence-electron chi connectivity index (χ2n) is 4.48. The van der Waals surface area contributed by atoms with Gasteiger partial charge in [0.25, 0.3) is 15.9 Å². The maximum atomic E-state index is 12.2. The van der Waals surface area contributed by atoms with Gasteiger partial charge in [0.1, 0.15) is 4.90 Å². The Morgan fingerprint density at radius 3 is 2.42 bits per heavy atom. The average Bonchev–Trinajstić information content (AvgIpc) is 2.60. The fraction of sp³-hybridized carbons (Fsp3) is 0.462. The van der Waals surface area contributed by atoms with Gasteiger partial charge in [-0.2, -0.15) is 0 Å². The molecule has 0 aliphatic carbocycles. The monoisotopic (exact) mass is 301 g/mol. The van der Waals surface area contributed by atoms with Crippen LogP contribution < -0.4 is 0 Å². The van der Waals surface area contributed by atoms with Crippen molar-refractivity contribution in [3.05, 3.63) is 29.8 Å². The topological polar surface area (TPSA) is 54.5 Å². The van der Waals surface area contributed by atoms with Crippen LogP contribution >= 0.6 is 11.6 Å². The summed E-state index contributed by atoms with van der Waals surface area (Å²) in [4.78, 5) is 12.2. The highest BCUT2D eigenvalue weighted by Crippen LogP contribution is 2.30. The second-order valence-corrected chi connectivity index (χ2v) is 6.69. The molecule has 1 aromatic rings. The molecule has 0 atom stereocenters. The van der Waals surface area contributed by atoms with E-state index in [1.807, 2.05) is 0 Å². The number of halogens is 1. The molecule has 1 amide bonds. The first-order chi connectivity index (χ1) is 9.09. The molecule has 6 heteroatoms. The van der Waals surface area contributed by atoms with E-state index in [1.54, 1.807) is 18.2 Å². The van der Waals surface area contributed by atoms with Gasteiger partial charge in [-0.3, -0.25) is 4.79 Å². The summed E-state index contributed by atoms with van der Waals surface area (Å²) in [6.07, 6.45) is 3.43. The van der Waals surface area contributed by atoms with Crippen LogP contribution in [-0.4, -0.2) is 31.1 Å². The van der Waals surface area contributed by atoms with Crippen LogP contribution in [0.2, 0.25) is 0 Å². The standard InChI is InChI=1S/C13H16ClNO3S/c14-9-5-1-2-6-10-15-13(16)11-7-3-4-8-12(11)19(15,17)18/h3-4,7-8H,1-2,5-6,9-10H2. The number of unbranched alkanes of at least 4 members (excludes halogenated alkanes) is 3. The van der Waals surface area contributed by atoms with Gasteiger partial charge in [0.15, 0.2) is 0 Å². The van der Waals surface area contributed by atoms with Crippen molar-refractivity contribution in [2.45, 2.75) is 30.6 Å². The van der Waals surface area contributed by atoms with Crippen LogP contribution in [0.25, 0.3) is 0 Å². The minimum absolute atomic E-state index is 0.126. The number of hydrogen-bond donors (Lipinski definition) is 0. The van der Waals surface area contributed by atoms with Gasteiger partial charge in [-0.05, 0) is 25.0 Å². The summed E-state index contributed by atoms with van der Waals surface area (Å²) in [5.41, 5.74) is 0.281. The molecule has 0 spiro atoms. The van der Waals surface area contributed by atoms with Crippen LogP contribution in [0.3, 0.4) is 0 Å². The number of amides is 1. The molecule has 104 valence electrons. The third kappa shape index (κ3) is 2.77. The molecule has 1 aliphatic heterocycles. The fourth-order valence-electron chi connectivity index (χ4n) is 2.16. The number of rotatable bonds is 6. The quantitative estimate of drug-likeness (QED) is 0.599. The minimum atomic E-state index is -3.63. The number of carbonyl (C=O) groups is 1. The van der Waals surface area contributed by atoms with Crippen molar-refractivity contribution < 1.29 is 13.2 Å². The zero-order valence-electron chi connectivity index (χ0n) is 10.5. The summed E-state index contributed by atoms with van der Waals surface area (Å²) in [5.74, 6) is 0.208. The van der Waals surface area contributed by atoms with E-state index in [9.17, 15) is 13.2 Å². The first-order valence-corrected chi connectivity index (χ1v) is 8.28. The van der Waals surface area contributed by atoms with Crippen LogP contribution in [-0.2, 0) is 10.0 Å². The van der Waals surface area contributed by atoms with Crippen LogP contribution in [0.15, 0.2) is 29.2 Å². The van der Waals surface area contributed by atoms with Gasteiger partial charge in [0.05, 0.1) is 5.56 Å². The van der Waals surface area contributed by atoms with Gasteiger partial charge in [0.2, 0.25) is 0 Å². The minimum Gasteiger partial charge on any atom is -0.268 e. The first-order valence-electron chi connectivity index (χ1n) is 6.31. The van der Waals surface area contributed by atoms with E-state index in [2.05, 4.69) is 0 Å². The number of nitrogens with zero attached hydrogens (tertiary/aromatic N) is 1. The summed E-state index contributed by atoms with van der Waals surface area (Å²) >= 11 is 5.58. The van der Waals surface area contributed by atoms with Crippen LogP contribution in [0.5, 0.6) is 0 Å². The van der Waals surface area contributed by atoms with Gasteiger partial charge in [-0.1, -0.05) is 25.0 Å². The number of sulfonamides is 1. The van der Waals surface area contributed by atoms with Gasteiger partial charge in [-0.25, -0.2) is 12.7 Å². The van der Waals surface area contributed by atoms with E-state index in [-0.39, 0.29) is 17.0 Å². The Labute approximate surface area is 118 Å². The maximum Gasteiger partial charge on any atom is 0.269 e. The summed E-state index contributed by atoms with van der Waals surface area (Å²) in [6.45, 7) is 0.248. The smallest absolute Gasteiger partial charge is 0.268 e. The largest absolute Gasteiger partial charge is 0.269 e. The van der Waals surface area contributed by atoms with Crippen molar-refractivity contribution in [1.82, 2.24) is 4.31 Å². The van der Waals surface area contributed by atoms with Crippen LogP contribution in [0, 0.1) is 0 Å². The third-order valence-electron chi connectivity index (χ3n) is 3.16. The fourth-order valence-corrected chi connectivity index (χ4v) is 3.95. The average molecular weight is 302 g/mol. The Bertz CT molecular complexity index is 571. The Balaban J connectivity index is 2.06. The predicted octanol–water partition coefficient (Wildman–Crippen LogP) is 2.63. The summed E-state index contributed by atoms with van der Waals surface area (Å²) in [5, 5.41) is 0. The van der Waals surface area contributed by atoms with Gasteiger partial charge in [-0.15, -0.1) is 11.6 Å². The lowest BCUT2D eigenvalue weighted by molar-refractivity contribution is 0.0869. The van der Waals surface area contributed by atoms with Crippen LogP contribution in [0.1, 0.15) is 36.0 Å². The van der Waals surface area contributed by atoms with Crippen LogP contribution in [0.4, 0.5) is 0 Å². The third-order valence-corrected chi connectivity index (χ3v) is 5.26. The molecule has 1 aliphatic rings. The van der Waals surface area contributed by atoms with E-state index < -0.39 is 15.9 Å². The molecule has 0 N–H and O–H groups in total. The van der Waals surface area contributed by atoms with E-state index >= 15 is 0 Å². The molecular formula is C13H16ClNO3S. The molecule has 4 nitrogen and oxygen atoms in total. The Kier molecular flexibility index (Phi) is 4.47. The molecule has 0 saturated carbocycles. The van der Waals surface area contributed by atoms with E-state index in [0.29, 0.717) is 12.3 Å². The van der Waals surface area contributed by atoms with E-state index in [1.165, 1.54) is 6.07 Å². The number of hydrogen-bond acceptors (Lipinski definition) is 3. The zero-order valence-corrected chi connectivity index (χ0v) is 12.1. The highest BCUT2D eigenvalue weighted by Gasteiger charge is 2.40. The Hall–Kier alpha value is -1.07. The summed E-state index contributed by atoms with van der Waals surface area (Å²) in [7, 11) is -3.63. The van der Waals surface area contributed by atoms with Crippen molar-refractivity contribution >= 4 is 27.5 Å². The molecule has 19 heavy (non-hydrogen) atoms. The predicted molar refractivity (Wildman–Crippen MR) is 73.9 cm³/mol. The molecule has 0 bridgehead atoms. The lowest BCUT2D eigenvalue weighted by Crippen LogP contribution is -2.30. The molecular weight excluding hydrogens is 286 g/mol. The highest BCUT2D eigenvalue weighted by molar-refractivity contribution is 7.90. The van der Waals surface area contributed by atoms with E-state index in [0.717, 1.165) is 23.6 Å². The molecule has 0 saturated heterocycles. The number of benzene rings is 1. The van der Waals surface area contributed by atoms with Crippen molar-refractivity contribution in [2.24, 2.45) is 0 Å². The maximum absolute atomic E-state index is 12.2. The van der Waals surface area contributed by atoms with Crippen molar-refractivity contribution in [2.75, 3.05) is 12.4 Å². The second kappa shape index (κ2) is 5.92. The number of alkyl halides is 1. The van der Waals surface area contributed by atoms with E-state index in [4.69, 9.17) is 11.6 Å². The molecule has 1 aromatic carbocycles. The lowest BCUT2D eigenvalue weighted by atomic mass is 10.2. The summed E-state index contributed by atoms with van der Waals surface area (Å²) < 4.78 is 25.4. The molecule has 2 rings (SSSR count). The van der Waals surface area contributed by atoms with Crippen molar-refractivity contribution in [3.63, 3.8) is 0 Å². The highest BCUT2D eigenvalue weighted by atomic mass is 35.5. The number of carbonyl (C=O) groups excluding carboxylic acids is 1. The normalized spacial score (nSPS) is 16.7. The van der Waals surface area contributed by atoms with Crippen molar-refractivity contribution in [3.8, 4) is 0 Å². The number of fused-ring (bicyclic) bond motifs is 1. The summed E-state index contributed by atoms with van der Waals surface area (Å²) in [6, 6.07) is 6.35. The van der Waals surface area contributed by atoms with Gasteiger partial charge in [0, 0.05) is 12.4 Å². The molecule has 0 fully saturated rings. The van der Waals surface area contributed by atoms with Gasteiger partial charge >= 0.3 is 0 Å². The molecule has 0 radical (unpaired) electrons. The lowest BCUT2D eigenvalue weighted by Gasteiger charge is -2.14. The Morgan fingerprint density at radius 2 is 1.74 bits per heavy atom. The zero-order chi connectivity index (χ0) is 13.9. The van der Waals surface area contributed by atoms with Gasteiger partial charge < -0.3 is 0 Å². The molecule has 0 aromatic heterocycles.